The third-order valence-corrected chi connectivity index (χ3v) is 6.75. The summed E-state index contributed by atoms with van der Waals surface area (Å²) < 4.78 is 5.32. The number of hydrogen-bond donors (Lipinski definition) is 2. The van der Waals surface area contributed by atoms with E-state index in [1.54, 1.807) is 18.9 Å². The molecule has 4 aromatic rings. The minimum atomic E-state index is -0.146. The highest BCUT2D eigenvalue weighted by Crippen LogP contribution is 2.41. The van der Waals surface area contributed by atoms with Gasteiger partial charge in [-0.15, -0.1) is 0 Å². The van der Waals surface area contributed by atoms with Gasteiger partial charge in [-0.3, -0.25) is 4.79 Å². The first-order chi connectivity index (χ1) is 16.6. The fraction of sp³-hybridized carbons (Fsp3) is 0.0714. The van der Waals surface area contributed by atoms with Crippen LogP contribution in [0.5, 0.6) is 5.75 Å². The van der Waals surface area contributed by atoms with Crippen molar-refractivity contribution in [3.63, 3.8) is 0 Å². The molecular formula is C28H23N3O2S. The van der Waals surface area contributed by atoms with Crippen LogP contribution in [-0.4, -0.2) is 18.7 Å². The molecule has 5 rings (SSSR count). The van der Waals surface area contributed by atoms with Gasteiger partial charge in [-0.1, -0.05) is 42.1 Å². The van der Waals surface area contributed by atoms with Crippen LogP contribution < -0.4 is 15.8 Å². The Kier molecular flexibility index (Phi) is 6.06. The van der Waals surface area contributed by atoms with Crippen molar-refractivity contribution < 1.29 is 9.53 Å². The van der Waals surface area contributed by atoms with E-state index in [4.69, 9.17) is 15.5 Å². The van der Waals surface area contributed by atoms with Crippen molar-refractivity contribution in [3.8, 4) is 5.75 Å². The van der Waals surface area contributed by atoms with Gasteiger partial charge < -0.3 is 15.8 Å². The van der Waals surface area contributed by atoms with E-state index in [0.29, 0.717) is 17.8 Å². The molecule has 0 radical (unpaired) electrons. The molecule has 0 saturated carbocycles. The van der Waals surface area contributed by atoms with Crippen molar-refractivity contribution in [1.29, 1.82) is 0 Å². The molecule has 0 saturated heterocycles. The molecule has 0 atom stereocenters. The zero-order chi connectivity index (χ0) is 23.5. The van der Waals surface area contributed by atoms with Crippen molar-refractivity contribution in [2.75, 3.05) is 12.8 Å². The van der Waals surface area contributed by atoms with Gasteiger partial charge in [0.1, 0.15) is 5.75 Å². The quantitative estimate of drug-likeness (QED) is 0.320. The lowest BCUT2D eigenvalue weighted by molar-refractivity contribution is 0.0951. The van der Waals surface area contributed by atoms with Crippen LogP contribution in [0.4, 0.5) is 11.4 Å². The molecule has 0 bridgehead atoms. The summed E-state index contributed by atoms with van der Waals surface area (Å²) >= 11 is 1.66. The number of anilines is 1. The molecule has 0 aromatic heterocycles. The lowest BCUT2D eigenvalue weighted by Gasteiger charge is -2.09. The van der Waals surface area contributed by atoms with Crippen LogP contribution in [0.15, 0.2) is 106 Å². The normalized spacial score (nSPS) is 12.1. The Morgan fingerprint density at radius 3 is 2.47 bits per heavy atom. The maximum Gasteiger partial charge on any atom is 0.251 e. The maximum absolute atomic E-state index is 12.9. The predicted molar refractivity (Wildman–Crippen MR) is 137 cm³/mol. The second-order valence-corrected chi connectivity index (χ2v) is 8.98. The number of benzene rings is 4. The van der Waals surface area contributed by atoms with Gasteiger partial charge in [-0.05, 0) is 66.2 Å². The van der Waals surface area contributed by atoms with Gasteiger partial charge in [-0.2, -0.15) is 0 Å². The number of fused-ring (bicyclic) bond motifs is 2. The summed E-state index contributed by atoms with van der Waals surface area (Å²) in [5.74, 6) is 0.647. The average molecular weight is 466 g/mol. The van der Waals surface area contributed by atoms with Gasteiger partial charge in [-0.25, -0.2) is 4.99 Å². The lowest BCUT2D eigenvalue weighted by atomic mass is 10.0. The molecule has 168 valence electrons. The van der Waals surface area contributed by atoms with Crippen molar-refractivity contribution in [2.45, 2.75) is 16.3 Å². The highest BCUT2D eigenvalue weighted by atomic mass is 32.2. The molecule has 1 aliphatic rings. The summed E-state index contributed by atoms with van der Waals surface area (Å²) in [6.45, 7) is 0.427. The fourth-order valence-electron chi connectivity index (χ4n) is 3.77. The zero-order valence-corrected chi connectivity index (χ0v) is 19.4. The van der Waals surface area contributed by atoms with E-state index in [2.05, 4.69) is 17.4 Å². The number of amides is 1. The molecule has 0 unspecified atom stereocenters. The Bertz CT molecular complexity index is 1380. The Morgan fingerprint density at radius 2 is 1.71 bits per heavy atom. The third kappa shape index (κ3) is 4.54. The molecular weight excluding hydrogens is 442 g/mol. The number of nitrogens with zero attached hydrogens (tertiary/aromatic N) is 1. The van der Waals surface area contributed by atoms with E-state index in [0.717, 1.165) is 43.6 Å². The highest BCUT2D eigenvalue weighted by Gasteiger charge is 2.20. The van der Waals surface area contributed by atoms with Crippen molar-refractivity contribution >= 4 is 34.8 Å². The second-order valence-electron chi connectivity index (χ2n) is 7.89. The number of carbonyl (C=O) groups excluding carboxylic acids is 1. The Balaban J connectivity index is 1.48. The van der Waals surface area contributed by atoms with Crippen molar-refractivity contribution in [2.24, 2.45) is 4.99 Å². The molecule has 1 aliphatic heterocycles. The highest BCUT2D eigenvalue weighted by molar-refractivity contribution is 7.99. The summed E-state index contributed by atoms with van der Waals surface area (Å²) in [5, 5.41) is 2.98. The number of nitrogens with one attached hydrogen (secondary N) is 1. The fourth-order valence-corrected chi connectivity index (χ4v) is 4.77. The number of carbonyl (C=O) groups is 1. The molecule has 5 nitrogen and oxygen atoms in total. The lowest BCUT2D eigenvalue weighted by Crippen LogP contribution is -2.22. The number of hydrogen-bond acceptors (Lipinski definition) is 5. The first kappa shape index (κ1) is 21.8. The van der Waals surface area contributed by atoms with Crippen molar-refractivity contribution in [3.05, 3.63) is 113 Å². The van der Waals surface area contributed by atoms with Crippen LogP contribution in [0, 0.1) is 0 Å². The minimum absolute atomic E-state index is 0.146. The van der Waals surface area contributed by atoms with Gasteiger partial charge >= 0.3 is 0 Å². The number of nitrogens with two attached hydrogens (primary N) is 1. The van der Waals surface area contributed by atoms with E-state index in [1.165, 1.54) is 0 Å². The first-order valence-electron chi connectivity index (χ1n) is 10.9. The van der Waals surface area contributed by atoms with Crippen LogP contribution >= 0.6 is 11.8 Å². The largest absolute Gasteiger partial charge is 0.497 e. The monoisotopic (exact) mass is 465 g/mol. The van der Waals surface area contributed by atoms with Crippen molar-refractivity contribution in [1.82, 2.24) is 5.32 Å². The SMILES string of the molecule is COc1ccc(C2=Nc3cc(C(=O)NCc4ccc(N)cc4)ccc3Sc3ccccc32)cc1. The number of rotatable bonds is 5. The molecule has 1 heterocycles. The number of ether oxygens (including phenoxy) is 1. The van der Waals surface area contributed by atoms with E-state index in [9.17, 15) is 4.79 Å². The summed E-state index contributed by atoms with van der Waals surface area (Å²) in [6.07, 6.45) is 0. The first-order valence-corrected chi connectivity index (χ1v) is 11.7. The topological polar surface area (TPSA) is 76.7 Å². The summed E-state index contributed by atoms with van der Waals surface area (Å²) in [4.78, 5) is 20.1. The Hall–Kier alpha value is -4.03. The standard InChI is InChI=1S/C28H23N3O2S/c1-33-22-13-8-19(9-14-22)27-23-4-2-3-5-25(23)34-26-15-10-20(16-24(26)31-27)28(32)30-17-18-6-11-21(29)12-7-18/h2-16H,17,29H2,1H3,(H,30,32). The van der Waals surface area contributed by atoms with Gasteiger partial charge in [0, 0.05) is 38.7 Å². The van der Waals surface area contributed by atoms with E-state index in [1.807, 2.05) is 78.9 Å². The smallest absolute Gasteiger partial charge is 0.251 e. The number of methoxy groups -OCH3 is 1. The summed E-state index contributed by atoms with van der Waals surface area (Å²) in [6, 6.07) is 29.2. The molecule has 1 amide bonds. The zero-order valence-electron chi connectivity index (χ0n) is 18.6. The molecule has 6 heteroatoms. The Labute approximate surface area is 202 Å². The third-order valence-electron chi connectivity index (χ3n) is 5.61. The molecule has 3 N–H and O–H groups in total. The minimum Gasteiger partial charge on any atom is -0.497 e. The van der Waals surface area contributed by atoms with Crippen LogP contribution in [0.3, 0.4) is 0 Å². The molecule has 4 aromatic carbocycles. The summed E-state index contributed by atoms with van der Waals surface area (Å²) in [7, 11) is 1.65. The van der Waals surface area contributed by atoms with Crippen LogP contribution in [-0.2, 0) is 6.54 Å². The second kappa shape index (κ2) is 9.45. The van der Waals surface area contributed by atoms with Gasteiger partial charge in [0.05, 0.1) is 18.5 Å². The van der Waals surface area contributed by atoms with Gasteiger partial charge in [0.15, 0.2) is 0 Å². The van der Waals surface area contributed by atoms with E-state index >= 15 is 0 Å². The molecule has 0 spiro atoms. The Morgan fingerprint density at radius 1 is 0.941 bits per heavy atom. The molecule has 0 fully saturated rings. The van der Waals surface area contributed by atoms with Crippen LogP contribution in [0.1, 0.15) is 27.0 Å². The molecule has 34 heavy (non-hydrogen) atoms. The van der Waals surface area contributed by atoms with Crippen LogP contribution in [0.2, 0.25) is 0 Å². The number of nitrogen functional groups attached to an aromatic ring is 1. The average Bonchev–Trinajstić information content (AvgIpc) is 3.04. The van der Waals surface area contributed by atoms with Crippen LogP contribution in [0.25, 0.3) is 0 Å². The van der Waals surface area contributed by atoms with Gasteiger partial charge in [0.2, 0.25) is 0 Å². The summed E-state index contributed by atoms with van der Waals surface area (Å²) in [5.41, 5.74) is 11.7. The predicted octanol–water partition coefficient (Wildman–Crippen LogP) is 5.84. The molecule has 0 aliphatic carbocycles. The van der Waals surface area contributed by atoms with E-state index in [-0.39, 0.29) is 5.91 Å². The number of aliphatic imine (C=N–C) groups is 1. The van der Waals surface area contributed by atoms with Gasteiger partial charge in [0.25, 0.3) is 5.91 Å². The maximum atomic E-state index is 12.9. The van der Waals surface area contributed by atoms with E-state index < -0.39 is 0 Å².